The van der Waals surface area contributed by atoms with Gasteiger partial charge in [-0.25, -0.2) is 0 Å². The van der Waals surface area contributed by atoms with Gasteiger partial charge in [0.2, 0.25) is 0 Å². The molecular weight excluding hydrogens is 416 g/mol. The molecule has 0 bridgehead atoms. The highest BCUT2D eigenvalue weighted by Crippen LogP contribution is 2.36. The van der Waals surface area contributed by atoms with Crippen molar-refractivity contribution in [3.05, 3.63) is 77.4 Å². The second-order valence-corrected chi connectivity index (χ2v) is 8.04. The average molecular weight is 449 g/mol. The Morgan fingerprint density at radius 1 is 0.909 bits per heavy atom. The van der Waals surface area contributed by atoms with Crippen LogP contribution in [0, 0.1) is 6.92 Å². The number of carboxylic acid groups (broad SMARTS) is 1. The molecule has 0 fully saturated rings. The zero-order valence-electron chi connectivity index (χ0n) is 19.6. The van der Waals surface area contributed by atoms with Crippen LogP contribution in [0.25, 0.3) is 11.1 Å². The number of carboxylic acids is 1. The summed E-state index contributed by atoms with van der Waals surface area (Å²) >= 11 is 0. The molecule has 0 atom stereocenters. The van der Waals surface area contributed by atoms with Crippen molar-refractivity contribution in [1.82, 2.24) is 0 Å². The van der Waals surface area contributed by atoms with E-state index in [0.717, 1.165) is 57.9 Å². The van der Waals surface area contributed by atoms with Crippen LogP contribution in [0.4, 0.5) is 0 Å². The van der Waals surface area contributed by atoms with E-state index in [1.807, 2.05) is 42.5 Å². The number of aliphatic carboxylic acids is 1. The van der Waals surface area contributed by atoms with Crippen molar-refractivity contribution < 1.29 is 24.1 Å². The van der Waals surface area contributed by atoms with Gasteiger partial charge < -0.3 is 19.3 Å². The maximum Gasteiger partial charge on any atom is 0.303 e. The molecule has 0 spiro atoms. The summed E-state index contributed by atoms with van der Waals surface area (Å²) in [5.41, 5.74) is 5.25. The predicted molar refractivity (Wildman–Crippen MR) is 130 cm³/mol. The molecule has 3 rings (SSSR count). The van der Waals surface area contributed by atoms with Gasteiger partial charge in [0, 0.05) is 12.0 Å². The van der Waals surface area contributed by atoms with Crippen LogP contribution in [0.1, 0.15) is 42.9 Å². The number of rotatable bonds is 12. The highest BCUT2D eigenvalue weighted by Gasteiger charge is 2.12. The molecule has 174 valence electrons. The van der Waals surface area contributed by atoms with Crippen LogP contribution in [0.5, 0.6) is 17.2 Å². The highest BCUT2D eigenvalue weighted by molar-refractivity contribution is 5.75. The SMILES string of the molecule is CCCCOc1ccc(OC)cc1-c1ccc(COc2cccc(CCC(=O)O)c2)cc1C. The third-order valence-corrected chi connectivity index (χ3v) is 5.45. The highest BCUT2D eigenvalue weighted by atomic mass is 16.5. The lowest BCUT2D eigenvalue weighted by molar-refractivity contribution is -0.136. The zero-order chi connectivity index (χ0) is 23.6. The summed E-state index contributed by atoms with van der Waals surface area (Å²) in [6.45, 7) is 5.35. The van der Waals surface area contributed by atoms with Gasteiger partial charge in [0.25, 0.3) is 0 Å². The molecular formula is C28H32O5. The summed E-state index contributed by atoms with van der Waals surface area (Å²) < 4.78 is 17.5. The van der Waals surface area contributed by atoms with Crippen LogP contribution >= 0.6 is 0 Å². The minimum absolute atomic E-state index is 0.110. The van der Waals surface area contributed by atoms with Gasteiger partial charge in [-0.05, 0) is 72.4 Å². The number of hydrogen-bond acceptors (Lipinski definition) is 4. The van der Waals surface area contributed by atoms with E-state index in [-0.39, 0.29) is 6.42 Å². The fraction of sp³-hybridized carbons (Fsp3) is 0.321. The first-order chi connectivity index (χ1) is 16.0. The van der Waals surface area contributed by atoms with E-state index in [9.17, 15) is 4.79 Å². The molecule has 0 heterocycles. The molecule has 0 aliphatic carbocycles. The zero-order valence-corrected chi connectivity index (χ0v) is 19.6. The Hall–Kier alpha value is -3.47. The molecule has 0 aliphatic heterocycles. The smallest absolute Gasteiger partial charge is 0.303 e. The fourth-order valence-corrected chi connectivity index (χ4v) is 3.63. The van der Waals surface area contributed by atoms with Gasteiger partial charge in [-0.2, -0.15) is 0 Å². The second kappa shape index (κ2) is 12.0. The van der Waals surface area contributed by atoms with Gasteiger partial charge in [0.05, 0.1) is 13.7 Å². The average Bonchev–Trinajstić information content (AvgIpc) is 2.82. The molecule has 0 unspecified atom stereocenters. The molecule has 5 heteroatoms. The van der Waals surface area contributed by atoms with Crippen molar-refractivity contribution in [2.45, 2.75) is 46.1 Å². The molecule has 0 aliphatic rings. The maximum absolute atomic E-state index is 10.8. The van der Waals surface area contributed by atoms with E-state index in [1.54, 1.807) is 7.11 Å². The van der Waals surface area contributed by atoms with Gasteiger partial charge in [-0.15, -0.1) is 0 Å². The molecule has 3 aromatic carbocycles. The van der Waals surface area contributed by atoms with Crippen molar-refractivity contribution in [2.24, 2.45) is 0 Å². The molecule has 1 N–H and O–H groups in total. The summed E-state index contributed by atoms with van der Waals surface area (Å²) in [7, 11) is 1.67. The van der Waals surface area contributed by atoms with Crippen LogP contribution in [0.3, 0.4) is 0 Å². The number of hydrogen-bond donors (Lipinski definition) is 1. The van der Waals surface area contributed by atoms with E-state index in [1.165, 1.54) is 0 Å². The molecule has 33 heavy (non-hydrogen) atoms. The van der Waals surface area contributed by atoms with E-state index < -0.39 is 5.97 Å². The topological polar surface area (TPSA) is 65.0 Å². The normalized spacial score (nSPS) is 10.6. The third-order valence-electron chi connectivity index (χ3n) is 5.45. The lowest BCUT2D eigenvalue weighted by Crippen LogP contribution is -2.01. The summed E-state index contributed by atoms with van der Waals surface area (Å²) in [4.78, 5) is 10.8. The summed E-state index contributed by atoms with van der Waals surface area (Å²) in [6.07, 6.45) is 2.70. The molecule has 0 radical (unpaired) electrons. The second-order valence-electron chi connectivity index (χ2n) is 8.04. The largest absolute Gasteiger partial charge is 0.497 e. The summed E-state index contributed by atoms with van der Waals surface area (Å²) in [5, 5.41) is 8.88. The first-order valence-electron chi connectivity index (χ1n) is 11.3. The van der Waals surface area contributed by atoms with Gasteiger partial charge in [-0.1, -0.05) is 43.7 Å². The van der Waals surface area contributed by atoms with Crippen LogP contribution in [-0.2, 0) is 17.8 Å². The monoisotopic (exact) mass is 448 g/mol. The Morgan fingerprint density at radius 3 is 2.48 bits per heavy atom. The Labute approximate surface area is 195 Å². The first kappa shape index (κ1) is 24.2. The number of benzene rings is 3. The Balaban J connectivity index is 1.74. The van der Waals surface area contributed by atoms with Gasteiger partial charge in [-0.3, -0.25) is 4.79 Å². The van der Waals surface area contributed by atoms with Crippen molar-refractivity contribution in [1.29, 1.82) is 0 Å². The van der Waals surface area contributed by atoms with Crippen LogP contribution in [-0.4, -0.2) is 24.8 Å². The minimum atomic E-state index is -0.799. The Kier molecular flexibility index (Phi) is 8.76. The molecule has 5 nitrogen and oxygen atoms in total. The number of unbranched alkanes of at least 4 members (excludes halogenated alkanes) is 1. The number of methoxy groups -OCH3 is 1. The van der Waals surface area contributed by atoms with E-state index in [0.29, 0.717) is 19.6 Å². The fourth-order valence-electron chi connectivity index (χ4n) is 3.63. The van der Waals surface area contributed by atoms with Crippen molar-refractivity contribution >= 4 is 5.97 Å². The quantitative estimate of drug-likeness (QED) is 0.323. The lowest BCUT2D eigenvalue weighted by Gasteiger charge is -2.16. The lowest BCUT2D eigenvalue weighted by atomic mass is 9.97. The maximum atomic E-state index is 10.8. The van der Waals surface area contributed by atoms with E-state index >= 15 is 0 Å². The molecule has 0 aromatic heterocycles. The third kappa shape index (κ3) is 7.01. The standard InChI is InChI=1S/C28H32O5/c1-4-5-15-32-27-13-11-23(31-3)18-26(27)25-12-9-22(16-20(25)2)19-33-24-8-6-7-21(17-24)10-14-28(29)30/h6-9,11-13,16-18H,4-5,10,14-15,19H2,1-3H3,(H,29,30). The molecule has 0 amide bonds. The van der Waals surface area contributed by atoms with Crippen LogP contribution < -0.4 is 14.2 Å². The van der Waals surface area contributed by atoms with Gasteiger partial charge >= 0.3 is 5.97 Å². The van der Waals surface area contributed by atoms with Crippen molar-refractivity contribution in [2.75, 3.05) is 13.7 Å². The van der Waals surface area contributed by atoms with E-state index in [4.69, 9.17) is 19.3 Å². The number of ether oxygens (including phenoxy) is 3. The molecule has 0 saturated heterocycles. The first-order valence-corrected chi connectivity index (χ1v) is 11.3. The number of aryl methyl sites for hydroxylation is 2. The van der Waals surface area contributed by atoms with Crippen LogP contribution in [0.2, 0.25) is 0 Å². The summed E-state index contributed by atoms with van der Waals surface area (Å²) in [6, 6.07) is 19.8. The Bertz CT molecular complexity index is 1070. The Morgan fingerprint density at radius 2 is 1.76 bits per heavy atom. The predicted octanol–water partition coefficient (Wildman–Crippen LogP) is 6.45. The number of carbonyl (C=O) groups is 1. The minimum Gasteiger partial charge on any atom is -0.497 e. The van der Waals surface area contributed by atoms with Crippen molar-refractivity contribution in [3.63, 3.8) is 0 Å². The molecule has 3 aromatic rings. The van der Waals surface area contributed by atoms with Gasteiger partial charge in [0.1, 0.15) is 23.9 Å². The summed E-state index contributed by atoms with van der Waals surface area (Å²) in [5.74, 6) is 1.59. The van der Waals surface area contributed by atoms with Crippen LogP contribution in [0.15, 0.2) is 60.7 Å². The van der Waals surface area contributed by atoms with E-state index in [2.05, 4.69) is 32.0 Å². The molecule has 0 saturated carbocycles. The van der Waals surface area contributed by atoms with Crippen molar-refractivity contribution in [3.8, 4) is 28.4 Å². The van der Waals surface area contributed by atoms with Gasteiger partial charge in [0.15, 0.2) is 0 Å².